The molecule has 0 atom stereocenters. The van der Waals surface area contributed by atoms with E-state index in [0.717, 1.165) is 0 Å². The van der Waals surface area contributed by atoms with Gasteiger partial charge >= 0.3 is 0 Å². The number of nitrogens with zero attached hydrogens (tertiary/aromatic N) is 2. The van der Waals surface area contributed by atoms with Crippen molar-refractivity contribution in [3.63, 3.8) is 0 Å². The molecule has 0 amide bonds. The van der Waals surface area contributed by atoms with Crippen molar-refractivity contribution in [2.24, 2.45) is 0 Å². The van der Waals surface area contributed by atoms with E-state index in [1.54, 1.807) is 30.3 Å². The zero-order valence-electron chi connectivity index (χ0n) is 10.8. The summed E-state index contributed by atoms with van der Waals surface area (Å²) >= 11 is 0. The predicted molar refractivity (Wildman–Crippen MR) is 73.4 cm³/mol. The Hall–Kier alpha value is -3.18. The molecule has 0 unspecified atom stereocenters. The number of hydrogen-bond donors (Lipinski definition) is 1. The third-order valence-electron chi connectivity index (χ3n) is 2.65. The van der Waals surface area contributed by atoms with Crippen LogP contribution in [0.3, 0.4) is 0 Å². The first-order valence-corrected chi connectivity index (χ1v) is 5.73. The third kappa shape index (κ3) is 2.63. The molecule has 2 N–H and O–H groups in total. The molecule has 0 aliphatic carbocycles. The van der Waals surface area contributed by atoms with Crippen LogP contribution in [0.15, 0.2) is 36.4 Å². The highest BCUT2D eigenvalue weighted by Crippen LogP contribution is 2.31. The number of ether oxygens (including phenoxy) is 2. The van der Waals surface area contributed by atoms with E-state index in [9.17, 15) is 0 Å². The van der Waals surface area contributed by atoms with Gasteiger partial charge in [0.15, 0.2) is 0 Å². The molecule has 0 saturated carbocycles. The Labute approximate surface area is 116 Å². The minimum atomic E-state index is 0.303. The van der Waals surface area contributed by atoms with Gasteiger partial charge in [-0.05, 0) is 30.3 Å². The molecule has 0 radical (unpaired) electrons. The smallest absolute Gasteiger partial charge is 0.148 e. The summed E-state index contributed by atoms with van der Waals surface area (Å²) in [5.41, 5.74) is 6.75. The summed E-state index contributed by atoms with van der Waals surface area (Å²) in [7, 11) is 1.52. The predicted octanol–water partition coefficient (Wildman–Crippen LogP) is 2.81. The number of rotatable bonds is 3. The van der Waals surface area contributed by atoms with Crippen LogP contribution in [0.4, 0.5) is 5.69 Å². The molecule has 5 nitrogen and oxygen atoms in total. The van der Waals surface area contributed by atoms with Gasteiger partial charge in [-0.25, -0.2) is 0 Å². The normalized spacial score (nSPS) is 9.35. The minimum absolute atomic E-state index is 0.303. The standard InChI is InChI=1S/C15H11N3O2/c1-19-13-4-2-10(8-16)15(7-13)20-14-5-3-12(18)6-11(14)9-17/h2-7H,18H2,1H3. The lowest BCUT2D eigenvalue weighted by Crippen LogP contribution is -1.94. The highest BCUT2D eigenvalue weighted by molar-refractivity contribution is 5.56. The molecule has 0 aliphatic heterocycles. The molecule has 0 bridgehead atoms. The maximum absolute atomic E-state index is 9.07. The number of hydrogen-bond acceptors (Lipinski definition) is 5. The lowest BCUT2D eigenvalue weighted by atomic mass is 10.2. The summed E-state index contributed by atoms with van der Waals surface area (Å²) in [5.74, 6) is 1.23. The Morgan fingerprint density at radius 1 is 0.950 bits per heavy atom. The van der Waals surface area contributed by atoms with Gasteiger partial charge in [-0.2, -0.15) is 10.5 Å². The van der Waals surface area contributed by atoms with E-state index in [1.165, 1.54) is 13.2 Å². The van der Waals surface area contributed by atoms with Gasteiger partial charge in [-0.1, -0.05) is 0 Å². The first-order chi connectivity index (χ1) is 9.67. The average molecular weight is 265 g/mol. The van der Waals surface area contributed by atoms with Crippen LogP contribution < -0.4 is 15.2 Å². The number of nitriles is 2. The monoisotopic (exact) mass is 265 g/mol. The Bertz CT molecular complexity index is 727. The molecule has 0 heterocycles. The summed E-state index contributed by atoms with van der Waals surface area (Å²) in [6.07, 6.45) is 0. The third-order valence-corrected chi connectivity index (χ3v) is 2.65. The number of benzene rings is 2. The van der Waals surface area contributed by atoms with Gasteiger partial charge in [-0.15, -0.1) is 0 Å². The van der Waals surface area contributed by atoms with E-state index in [-0.39, 0.29) is 0 Å². The van der Waals surface area contributed by atoms with Crippen molar-refractivity contribution >= 4 is 5.69 Å². The molecule has 98 valence electrons. The van der Waals surface area contributed by atoms with E-state index in [1.807, 2.05) is 12.1 Å². The highest BCUT2D eigenvalue weighted by atomic mass is 16.5. The van der Waals surface area contributed by atoms with E-state index < -0.39 is 0 Å². The summed E-state index contributed by atoms with van der Waals surface area (Å²) < 4.78 is 10.7. The lowest BCUT2D eigenvalue weighted by molar-refractivity contribution is 0.408. The summed E-state index contributed by atoms with van der Waals surface area (Å²) in [5, 5.41) is 18.1. The molecule has 0 saturated heterocycles. The van der Waals surface area contributed by atoms with Gasteiger partial charge in [0.05, 0.1) is 18.2 Å². The zero-order valence-corrected chi connectivity index (χ0v) is 10.8. The summed E-state index contributed by atoms with van der Waals surface area (Å²) in [4.78, 5) is 0. The van der Waals surface area contributed by atoms with Crippen LogP contribution in [0.25, 0.3) is 0 Å². The molecule has 2 aromatic rings. The van der Waals surface area contributed by atoms with Crippen molar-refractivity contribution in [3.05, 3.63) is 47.5 Å². The number of nitrogens with two attached hydrogens (primary N) is 1. The maximum Gasteiger partial charge on any atom is 0.148 e. The molecule has 0 aromatic heterocycles. The van der Waals surface area contributed by atoms with Gasteiger partial charge in [-0.3, -0.25) is 0 Å². The SMILES string of the molecule is COc1ccc(C#N)c(Oc2ccc(N)cc2C#N)c1. The van der Waals surface area contributed by atoms with Gasteiger partial charge in [0, 0.05) is 11.8 Å². The quantitative estimate of drug-likeness (QED) is 0.861. The van der Waals surface area contributed by atoms with Crippen molar-refractivity contribution in [1.29, 1.82) is 10.5 Å². The van der Waals surface area contributed by atoms with Gasteiger partial charge in [0.2, 0.25) is 0 Å². The van der Waals surface area contributed by atoms with Crippen molar-refractivity contribution in [2.45, 2.75) is 0 Å². The first kappa shape index (κ1) is 13.3. The van der Waals surface area contributed by atoms with E-state index in [0.29, 0.717) is 34.1 Å². The molecular formula is C15H11N3O2. The van der Waals surface area contributed by atoms with Crippen LogP contribution >= 0.6 is 0 Å². The van der Waals surface area contributed by atoms with Crippen LogP contribution in [0.1, 0.15) is 11.1 Å². The molecule has 0 aliphatic rings. The number of nitrogen functional groups attached to an aromatic ring is 1. The fraction of sp³-hybridized carbons (Fsp3) is 0.0667. The second kappa shape index (κ2) is 5.64. The van der Waals surface area contributed by atoms with Crippen LogP contribution in [-0.2, 0) is 0 Å². The maximum atomic E-state index is 9.07. The fourth-order valence-electron chi connectivity index (χ4n) is 1.65. The lowest BCUT2D eigenvalue weighted by Gasteiger charge is -2.10. The molecule has 2 rings (SSSR count). The average Bonchev–Trinajstić information content (AvgIpc) is 2.48. The molecule has 0 fully saturated rings. The van der Waals surface area contributed by atoms with Crippen LogP contribution in [0.5, 0.6) is 17.2 Å². The zero-order chi connectivity index (χ0) is 14.5. The molecule has 0 spiro atoms. The van der Waals surface area contributed by atoms with Gasteiger partial charge in [0.25, 0.3) is 0 Å². The Kier molecular flexibility index (Phi) is 3.74. The number of anilines is 1. The second-order valence-electron chi connectivity index (χ2n) is 3.94. The van der Waals surface area contributed by atoms with Gasteiger partial charge < -0.3 is 15.2 Å². The molecule has 5 heteroatoms. The Balaban J connectivity index is 2.45. The van der Waals surface area contributed by atoms with Gasteiger partial charge in [0.1, 0.15) is 29.4 Å². The molecular weight excluding hydrogens is 254 g/mol. The van der Waals surface area contributed by atoms with Crippen molar-refractivity contribution < 1.29 is 9.47 Å². The molecule has 20 heavy (non-hydrogen) atoms. The van der Waals surface area contributed by atoms with Crippen LogP contribution in [0.2, 0.25) is 0 Å². The number of methoxy groups -OCH3 is 1. The minimum Gasteiger partial charge on any atom is -0.497 e. The topological polar surface area (TPSA) is 92.1 Å². The highest BCUT2D eigenvalue weighted by Gasteiger charge is 2.10. The van der Waals surface area contributed by atoms with E-state index in [4.69, 9.17) is 25.7 Å². The van der Waals surface area contributed by atoms with Crippen molar-refractivity contribution in [3.8, 4) is 29.4 Å². The summed E-state index contributed by atoms with van der Waals surface area (Å²) in [6.45, 7) is 0. The Morgan fingerprint density at radius 3 is 2.35 bits per heavy atom. The second-order valence-corrected chi connectivity index (χ2v) is 3.94. The fourth-order valence-corrected chi connectivity index (χ4v) is 1.65. The van der Waals surface area contributed by atoms with E-state index >= 15 is 0 Å². The Morgan fingerprint density at radius 2 is 1.70 bits per heavy atom. The van der Waals surface area contributed by atoms with Crippen molar-refractivity contribution in [2.75, 3.05) is 12.8 Å². The first-order valence-electron chi connectivity index (χ1n) is 5.73. The van der Waals surface area contributed by atoms with Crippen LogP contribution in [0, 0.1) is 22.7 Å². The molecule has 2 aromatic carbocycles. The van der Waals surface area contributed by atoms with E-state index in [2.05, 4.69) is 0 Å². The largest absolute Gasteiger partial charge is 0.497 e. The van der Waals surface area contributed by atoms with Crippen molar-refractivity contribution in [1.82, 2.24) is 0 Å². The van der Waals surface area contributed by atoms with Crippen LogP contribution in [-0.4, -0.2) is 7.11 Å². The summed E-state index contributed by atoms with van der Waals surface area (Å²) in [6, 6.07) is 13.6.